The van der Waals surface area contributed by atoms with Crippen LogP contribution in [-0.4, -0.2) is 42.9 Å². The van der Waals surface area contributed by atoms with Crippen molar-refractivity contribution in [2.75, 3.05) is 27.7 Å². The summed E-state index contributed by atoms with van der Waals surface area (Å²) in [5.41, 5.74) is 1.48. The van der Waals surface area contributed by atoms with Gasteiger partial charge in [-0.2, -0.15) is 0 Å². The highest BCUT2D eigenvalue weighted by Crippen LogP contribution is 2.29. The van der Waals surface area contributed by atoms with Crippen molar-refractivity contribution < 1.29 is 38.2 Å². The minimum atomic E-state index is -0.447. The topological polar surface area (TPSA) is 60.2 Å². The second kappa shape index (κ2) is 6.17. The molecule has 0 radical (unpaired) electrons. The van der Waals surface area contributed by atoms with Crippen molar-refractivity contribution >= 4 is 11.5 Å². The number of benzene rings is 1. The van der Waals surface area contributed by atoms with Crippen LogP contribution in [0, 0.1) is 16.0 Å². The molecule has 0 N–H and O–H groups in total. The molecule has 1 aliphatic rings. The van der Waals surface area contributed by atoms with Crippen molar-refractivity contribution in [2.24, 2.45) is 5.92 Å². The first-order valence-electron chi connectivity index (χ1n) is 6.40. The average molecular weight is 390 g/mol. The fourth-order valence-corrected chi connectivity index (χ4v) is 2.64. The van der Waals surface area contributed by atoms with Gasteiger partial charge in [0.1, 0.15) is 0 Å². The van der Waals surface area contributed by atoms with Crippen LogP contribution in [0.2, 0.25) is 0 Å². The number of Topliss-reactive ketones (excluding diaryl/α,β-unsaturated/α-hetero) is 1. The van der Waals surface area contributed by atoms with Gasteiger partial charge in [-0.1, -0.05) is 6.07 Å². The quantitative estimate of drug-likeness (QED) is 0.290. The lowest BCUT2D eigenvalue weighted by atomic mass is 9.82. The van der Waals surface area contributed by atoms with E-state index < -0.39 is 4.92 Å². The predicted octanol–water partition coefficient (Wildman–Crippen LogP) is -0.950. The van der Waals surface area contributed by atoms with Gasteiger partial charge in [-0.05, 0) is 18.4 Å². The van der Waals surface area contributed by atoms with Crippen molar-refractivity contribution in [1.29, 1.82) is 0 Å². The second-order valence-corrected chi connectivity index (χ2v) is 6.17. The molecule has 0 aliphatic heterocycles. The fraction of sp³-hybridized carbons (Fsp3) is 0.500. The summed E-state index contributed by atoms with van der Waals surface area (Å²) in [5, 5.41) is 10.8. The van der Waals surface area contributed by atoms with Gasteiger partial charge < -0.3 is 28.5 Å². The number of nitro benzene ring substituents is 1. The Morgan fingerprint density at radius 1 is 1.35 bits per heavy atom. The molecule has 0 saturated heterocycles. The normalized spacial score (nSPS) is 18.1. The third-order valence-electron chi connectivity index (χ3n) is 3.47. The molecule has 6 heteroatoms. The molecule has 0 saturated carbocycles. The Balaban J connectivity index is 0.00000200. The molecule has 1 aromatic carbocycles. The summed E-state index contributed by atoms with van der Waals surface area (Å²) in [6.07, 6.45) is 1.66. The lowest BCUT2D eigenvalue weighted by Gasteiger charge is -2.31. The molecule has 1 unspecified atom stereocenters. The van der Waals surface area contributed by atoms with Crippen LogP contribution in [0.15, 0.2) is 18.2 Å². The zero-order valence-electron chi connectivity index (χ0n) is 11.9. The van der Waals surface area contributed by atoms with Crippen LogP contribution in [0.25, 0.3) is 0 Å². The van der Waals surface area contributed by atoms with Crippen molar-refractivity contribution in [2.45, 2.75) is 12.8 Å². The number of aryl methyl sites for hydroxylation is 1. The first kappa shape index (κ1) is 17.0. The highest BCUT2D eigenvalue weighted by Gasteiger charge is 2.32. The van der Waals surface area contributed by atoms with E-state index in [-0.39, 0.29) is 41.4 Å². The molecular weight excluding hydrogens is 371 g/mol. The molecule has 110 valence electrons. The van der Waals surface area contributed by atoms with E-state index in [1.54, 1.807) is 6.07 Å². The number of fused-ring (bicyclic) bond motifs is 1. The van der Waals surface area contributed by atoms with Crippen molar-refractivity contribution in [1.82, 2.24) is 0 Å². The van der Waals surface area contributed by atoms with Crippen LogP contribution in [-0.2, 0) is 6.42 Å². The molecule has 0 spiro atoms. The van der Waals surface area contributed by atoms with Gasteiger partial charge in [0.15, 0.2) is 5.78 Å². The molecule has 20 heavy (non-hydrogen) atoms. The largest absolute Gasteiger partial charge is 1.00 e. The number of ketones is 1. The standard InChI is InChI=1S/C14H19N2O3.HI/c1-16(2,3)9-11-5-4-10-6-7-12(15(18)19)8-13(10)14(11)17;/h6-8,11H,4-5,9H2,1-3H3;1H/q+1;/p-1. The van der Waals surface area contributed by atoms with Gasteiger partial charge in [-0.25, -0.2) is 0 Å². The number of hydrogen-bond acceptors (Lipinski definition) is 3. The Morgan fingerprint density at radius 3 is 2.55 bits per heavy atom. The summed E-state index contributed by atoms with van der Waals surface area (Å²) in [6.45, 7) is 0.765. The minimum Gasteiger partial charge on any atom is -1.00 e. The summed E-state index contributed by atoms with van der Waals surface area (Å²) in [4.78, 5) is 22.8. The van der Waals surface area contributed by atoms with Crippen LogP contribution in [0.1, 0.15) is 22.3 Å². The predicted molar refractivity (Wildman–Crippen MR) is 72.1 cm³/mol. The zero-order chi connectivity index (χ0) is 14.2. The Hall–Kier alpha value is -1.02. The van der Waals surface area contributed by atoms with Crippen LogP contribution in [0.4, 0.5) is 5.69 Å². The van der Waals surface area contributed by atoms with Crippen LogP contribution in [0.5, 0.6) is 0 Å². The first-order chi connectivity index (χ1) is 8.78. The summed E-state index contributed by atoms with van der Waals surface area (Å²) >= 11 is 0. The van der Waals surface area contributed by atoms with E-state index in [9.17, 15) is 14.9 Å². The Bertz CT molecular complexity index is 538. The van der Waals surface area contributed by atoms with E-state index in [0.29, 0.717) is 5.56 Å². The molecule has 1 aromatic rings. The monoisotopic (exact) mass is 390 g/mol. The molecule has 0 amide bonds. The highest BCUT2D eigenvalue weighted by molar-refractivity contribution is 6.00. The van der Waals surface area contributed by atoms with Gasteiger partial charge >= 0.3 is 0 Å². The van der Waals surface area contributed by atoms with Gasteiger partial charge in [0.25, 0.3) is 5.69 Å². The third-order valence-corrected chi connectivity index (χ3v) is 3.47. The maximum atomic E-state index is 12.4. The second-order valence-electron chi connectivity index (χ2n) is 6.17. The molecular formula is C14H19IN2O3. The molecule has 5 nitrogen and oxygen atoms in total. The molecule has 1 atom stereocenters. The van der Waals surface area contributed by atoms with Crippen molar-refractivity contribution in [3.05, 3.63) is 39.4 Å². The minimum absolute atomic E-state index is 0. The summed E-state index contributed by atoms with van der Waals surface area (Å²) in [7, 11) is 6.16. The number of nitrogens with zero attached hydrogens (tertiary/aromatic N) is 2. The zero-order valence-corrected chi connectivity index (χ0v) is 14.1. The van der Waals surface area contributed by atoms with Crippen LogP contribution in [0.3, 0.4) is 0 Å². The van der Waals surface area contributed by atoms with E-state index in [2.05, 4.69) is 21.1 Å². The summed E-state index contributed by atoms with van der Waals surface area (Å²) < 4.78 is 0.723. The Labute approximate surface area is 135 Å². The van der Waals surface area contributed by atoms with Crippen LogP contribution < -0.4 is 24.0 Å². The third kappa shape index (κ3) is 3.76. The van der Waals surface area contributed by atoms with Gasteiger partial charge in [-0.15, -0.1) is 0 Å². The number of quaternary nitrogens is 1. The van der Waals surface area contributed by atoms with Gasteiger partial charge in [0.2, 0.25) is 0 Å². The summed E-state index contributed by atoms with van der Waals surface area (Å²) in [6, 6.07) is 4.62. The maximum Gasteiger partial charge on any atom is 0.270 e. The molecule has 0 heterocycles. The number of hydrogen-bond donors (Lipinski definition) is 0. The van der Waals surface area contributed by atoms with E-state index in [1.807, 2.05) is 0 Å². The number of carbonyl (C=O) groups excluding carboxylic acids is 1. The number of non-ortho nitro benzene ring substituents is 1. The molecule has 0 aromatic heterocycles. The number of carbonyl (C=O) groups is 1. The van der Waals surface area contributed by atoms with E-state index >= 15 is 0 Å². The number of rotatable bonds is 3. The van der Waals surface area contributed by atoms with Gasteiger partial charge in [0.05, 0.1) is 38.5 Å². The Morgan fingerprint density at radius 2 is 2.00 bits per heavy atom. The number of nitro groups is 1. The molecule has 2 rings (SSSR count). The Kier molecular flexibility index (Phi) is 5.26. The van der Waals surface area contributed by atoms with E-state index in [1.165, 1.54) is 12.1 Å². The molecule has 0 bridgehead atoms. The van der Waals surface area contributed by atoms with Gasteiger partial charge in [0, 0.05) is 17.7 Å². The fourth-order valence-electron chi connectivity index (χ4n) is 2.64. The van der Waals surface area contributed by atoms with Crippen molar-refractivity contribution in [3.63, 3.8) is 0 Å². The number of halogens is 1. The lowest BCUT2D eigenvalue weighted by molar-refractivity contribution is -0.872. The van der Waals surface area contributed by atoms with Crippen molar-refractivity contribution in [3.8, 4) is 0 Å². The lowest BCUT2D eigenvalue weighted by Crippen LogP contribution is -3.00. The highest BCUT2D eigenvalue weighted by atomic mass is 127. The molecule has 1 aliphatic carbocycles. The maximum absolute atomic E-state index is 12.4. The average Bonchev–Trinajstić information content (AvgIpc) is 2.31. The SMILES string of the molecule is C[N+](C)(C)CC1CCc2ccc([N+](=O)[O-])cc2C1=O.[I-]. The first-order valence-corrected chi connectivity index (χ1v) is 6.40. The van der Waals surface area contributed by atoms with Gasteiger partial charge in [-0.3, -0.25) is 14.9 Å². The van der Waals surface area contributed by atoms with Crippen LogP contribution >= 0.6 is 0 Å². The van der Waals surface area contributed by atoms with E-state index in [0.717, 1.165) is 29.4 Å². The molecule has 0 fully saturated rings. The van der Waals surface area contributed by atoms with E-state index in [4.69, 9.17) is 0 Å². The summed E-state index contributed by atoms with van der Waals surface area (Å²) in [5.74, 6) is 0.0208. The smallest absolute Gasteiger partial charge is 0.270 e.